The van der Waals surface area contributed by atoms with Crippen LogP contribution in [0.5, 0.6) is 0 Å². The third kappa shape index (κ3) is 7.06. The van der Waals surface area contributed by atoms with Crippen molar-refractivity contribution in [3.63, 3.8) is 0 Å². The highest BCUT2D eigenvalue weighted by molar-refractivity contribution is 5.90. The van der Waals surface area contributed by atoms with Gasteiger partial charge in [-0.3, -0.25) is 4.79 Å². The Kier molecular flexibility index (Phi) is 8.33. The highest BCUT2D eigenvalue weighted by Crippen LogP contribution is 2.26. The number of benzene rings is 1. The van der Waals surface area contributed by atoms with Crippen LogP contribution in [0.2, 0.25) is 0 Å². The molecule has 1 aromatic rings. The number of amides is 3. The monoisotopic (exact) mass is 390 g/mol. The Bertz CT molecular complexity index is 678. The number of hydrogen-bond donors (Lipinski definition) is 2. The number of rotatable bonds is 7. The first kappa shape index (κ1) is 23.8. The molecule has 158 valence electrons. The van der Waals surface area contributed by atoms with Gasteiger partial charge in [-0.15, -0.1) is 0 Å². The normalized spacial score (nSPS) is 12.5. The van der Waals surface area contributed by atoms with E-state index < -0.39 is 0 Å². The number of urea groups is 1. The summed E-state index contributed by atoms with van der Waals surface area (Å²) < 4.78 is 0. The highest BCUT2D eigenvalue weighted by Gasteiger charge is 2.23. The van der Waals surface area contributed by atoms with Crippen LogP contribution in [-0.2, 0) is 11.3 Å². The smallest absolute Gasteiger partial charge is 0.319 e. The third-order valence-electron chi connectivity index (χ3n) is 4.55. The van der Waals surface area contributed by atoms with Crippen molar-refractivity contribution in [1.29, 1.82) is 0 Å². The summed E-state index contributed by atoms with van der Waals surface area (Å²) in [6.07, 6.45) is 0.891. The van der Waals surface area contributed by atoms with Gasteiger partial charge in [-0.05, 0) is 57.9 Å². The average molecular weight is 391 g/mol. The Morgan fingerprint density at radius 3 is 2.18 bits per heavy atom. The van der Waals surface area contributed by atoms with Crippen molar-refractivity contribution in [2.24, 2.45) is 5.92 Å². The minimum Gasteiger partial charge on any atom is -0.377 e. The number of nitrogens with zero attached hydrogens (tertiary/aromatic N) is 2. The fourth-order valence-corrected chi connectivity index (χ4v) is 2.92. The SMILES string of the molecule is CC[C@H](C)N(Cc1cc(NC(=O)NC(C)(C)C)ccc1N(C)C)C(=O)C(C)C. The van der Waals surface area contributed by atoms with E-state index in [1.54, 1.807) is 0 Å². The van der Waals surface area contributed by atoms with Crippen LogP contribution >= 0.6 is 0 Å². The van der Waals surface area contributed by atoms with Gasteiger partial charge >= 0.3 is 6.03 Å². The van der Waals surface area contributed by atoms with Gasteiger partial charge in [0.1, 0.15) is 0 Å². The Hall–Kier alpha value is -2.24. The molecule has 0 unspecified atom stereocenters. The predicted octanol–water partition coefficient (Wildman–Crippen LogP) is 4.46. The van der Waals surface area contributed by atoms with Crippen molar-refractivity contribution in [2.45, 2.75) is 73.0 Å². The van der Waals surface area contributed by atoms with E-state index in [9.17, 15) is 9.59 Å². The van der Waals surface area contributed by atoms with Crippen LogP contribution in [0.25, 0.3) is 0 Å². The lowest BCUT2D eigenvalue weighted by atomic mass is 10.1. The van der Waals surface area contributed by atoms with Crippen molar-refractivity contribution in [1.82, 2.24) is 10.2 Å². The molecule has 1 atom stereocenters. The van der Waals surface area contributed by atoms with Crippen LogP contribution in [0.4, 0.5) is 16.2 Å². The largest absolute Gasteiger partial charge is 0.377 e. The molecule has 0 bridgehead atoms. The minimum atomic E-state index is -0.312. The van der Waals surface area contributed by atoms with Gasteiger partial charge in [-0.1, -0.05) is 20.8 Å². The van der Waals surface area contributed by atoms with Gasteiger partial charge in [-0.25, -0.2) is 4.79 Å². The molecule has 2 N–H and O–H groups in total. The van der Waals surface area contributed by atoms with Crippen molar-refractivity contribution in [3.8, 4) is 0 Å². The quantitative estimate of drug-likeness (QED) is 0.723. The maximum Gasteiger partial charge on any atom is 0.319 e. The first-order chi connectivity index (χ1) is 12.9. The van der Waals surface area contributed by atoms with Crippen molar-refractivity contribution in [2.75, 3.05) is 24.3 Å². The molecule has 0 fully saturated rings. The fourth-order valence-electron chi connectivity index (χ4n) is 2.92. The van der Waals surface area contributed by atoms with E-state index in [1.165, 1.54) is 0 Å². The fraction of sp³-hybridized carbons (Fsp3) is 0.636. The van der Waals surface area contributed by atoms with E-state index in [0.717, 1.165) is 17.7 Å². The molecule has 0 aromatic heterocycles. The van der Waals surface area contributed by atoms with E-state index in [0.29, 0.717) is 12.2 Å². The number of carbonyl (C=O) groups excluding carboxylic acids is 2. The lowest BCUT2D eigenvalue weighted by Gasteiger charge is -2.32. The molecular weight excluding hydrogens is 352 g/mol. The molecule has 0 radical (unpaired) electrons. The molecule has 6 nitrogen and oxygen atoms in total. The van der Waals surface area contributed by atoms with Crippen LogP contribution < -0.4 is 15.5 Å². The summed E-state index contributed by atoms with van der Waals surface area (Å²) in [7, 11) is 3.96. The van der Waals surface area contributed by atoms with E-state index >= 15 is 0 Å². The van der Waals surface area contributed by atoms with Crippen LogP contribution in [0.15, 0.2) is 18.2 Å². The molecule has 0 aliphatic heterocycles. The first-order valence-corrected chi connectivity index (χ1v) is 10.1. The second-order valence-corrected chi connectivity index (χ2v) is 8.95. The average Bonchev–Trinajstić information content (AvgIpc) is 2.56. The summed E-state index contributed by atoms with van der Waals surface area (Å²) in [6.45, 7) is 14.4. The molecule has 6 heteroatoms. The maximum absolute atomic E-state index is 12.8. The van der Waals surface area contributed by atoms with Gasteiger partial charge in [0.15, 0.2) is 0 Å². The van der Waals surface area contributed by atoms with E-state index in [1.807, 2.05) is 76.7 Å². The van der Waals surface area contributed by atoms with Gasteiger partial charge in [0, 0.05) is 49.5 Å². The Morgan fingerprint density at radius 2 is 1.71 bits per heavy atom. The number of hydrogen-bond acceptors (Lipinski definition) is 3. The summed E-state index contributed by atoms with van der Waals surface area (Å²) in [5, 5.41) is 5.80. The van der Waals surface area contributed by atoms with Gasteiger partial charge < -0.3 is 20.4 Å². The lowest BCUT2D eigenvalue weighted by molar-refractivity contribution is -0.137. The Balaban J connectivity index is 3.19. The van der Waals surface area contributed by atoms with Gasteiger partial charge in [0.05, 0.1) is 0 Å². The molecule has 1 rings (SSSR count). The van der Waals surface area contributed by atoms with Crippen molar-refractivity contribution >= 4 is 23.3 Å². The van der Waals surface area contributed by atoms with E-state index in [2.05, 4.69) is 24.5 Å². The molecule has 0 saturated carbocycles. The molecule has 0 heterocycles. The minimum absolute atomic E-state index is 0.0596. The van der Waals surface area contributed by atoms with Gasteiger partial charge in [-0.2, -0.15) is 0 Å². The van der Waals surface area contributed by atoms with Gasteiger partial charge in [0.2, 0.25) is 5.91 Å². The molecule has 3 amide bonds. The summed E-state index contributed by atoms with van der Waals surface area (Å²) in [5.74, 6) is 0.0820. The van der Waals surface area contributed by atoms with E-state index in [4.69, 9.17) is 0 Å². The summed E-state index contributed by atoms with van der Waals surface area (Å²) >= 11 is 0. The van der Waals surface area contributed by atoms with Crippen LogP contribution in [-0.4, -0.2) is 42.5 Å². The molecule has 28 heavy (non-hydrogen) atoms. The van der Waals surface area contributed by atoms with Crippen LogP contribution in [0, 0.1) is 5.92 Å². The molecule has 0 aliphatic rings. The standard InChI is InChI=1S/C22H38N4O2/c1-10-16(4)26(20(27)15(2)3)14-17-13-18(11-12-19(17)25(8)9)23-21(28)24-22(5,6)7/h11-13,15-16H,10,14H2,1-9H3,(H2,23,24,28)/t16-/m0/s1. The van der Waals surface area contributed by atoms with Crippen LogP contribution in [0.3, 0.4) is 0 Å². The zero-order valence-electron chi connectivity index (χ0n) is 19.0. The third-order valence-corrected chi connectivity index (χ3v) is 4.55. The summed E-state index contributed by atoms with van der Waals surface area (Å²) in [6, 6.07) is 5.73. The molecule has 0 aliphatic carbocycles. The Labute approximate surface area is 170 Å². The highest BCUT2D eigenvalue weighted by atomic mass is 16.2. The second-order valence-electron chi connectivity index (χ2n) is 8.95. The van der Waals surface area contributed by atoms with Crippen molar-refractivity contribution in [3.05, 3.63) is 23.8 Å². The molecule has 0 saturated heterocycles. The maximum atomic E-state index is 12.8. The predicted molar refractivity (Wildman–Crippen MR) is 118 cm³/mol. The molecule has 0 spiro atoms. The number of nitrogens with one attached hydrogen (secondary N) is 2. The van der Waals surface area contributed by atoms with Crippen molar-refractivity contribution < 1.29 is 9.59 Å². The number of carbonyl (C=O) groups is 2. The molecular formula is C22H38N4O2. The second kappa shape index (κ2) is 9.80. The molecule has 1 aromatic carbocycles. The topological polar surface area (TPSA) is 64.7 Å². The summed E-state index contributed by atoms with van der Waals surface area (Å²) in [5.41, 5.74) is 2.44. The first-order valence-electron chi connectivity index (χ1n) is 10.1. The summed E-state index contributed by atoms with van der Waals surface area (Å²) in [4.78, 5) is 29.0. The van der Waals surface area contributed by atoms with Gasteiger partial charge in [0.25, 0.3) is 0 Å². The lowest BCUT2D eigenvalue weighted by Crippen LogP contribution is -2.43. The zero-order chi connectivity index (χ0) is 21.6. The Morgan fingerprint density at radius 1 is 1.11 bits per heavy atom. The number of anilines is 2. The van der Waals surface area contributed by atoms with Crippen LogP contribution in [0.1, 0.15) is 60.5 Å². The van der Waals surface area contributed by atoms with E-state index in [-0.39, 0.29) is 29.4 Å². The zero-order valence-corrected chi connectivity index (χ0v) is 19.0.